The molecule has 0 bridgehead atoms. The summed E-state index contributed by atoms with van der Waals surface area (Å²) in [6.07, 6.45) is 0.318. The number of likely N-dealkylation sites (tertiary alicyclic amines) is 1. The van der Waals surface area contributed by atoms with Crippen LogP contribution < -0.4 is 10.2 Å². The van der Waals surface area contributed by atoms with Crippen LogP contribution in [0.5, 0.6) is 0 Å². The first-order valence-corrected chi connectivity index (χ1v) is 10.4. The van der Waals surface area contributed by atoms with E-state index in [9.17, 15) is 14.0 Å². The highest BCUT2D eigenvalue weighted by Crippen LogP contribution is 2.26. The normalized spacial score (nSPS) is 20.4. The molecule has 1 N–H and O–H groups in total. The first kappa shape index (κ1) is 20.2. The second-order valence-electron chi connectivity index (χ2n) is 7.91. The van der Waals surface area contributed by atoms with Crippen LogP contribution in [0.3, 0.4) is 0 Å². The van der Waals surface area contributed by atoms with E-state index >= 15 is 0 Å². The van der Waals surface area contributed by atoms with Crippen molar-refractivity contribution in [1.29, 1.82) is 0 Å². The van der Waals surface area contributed by atoms with Gasteiger partial charge in [0, 0.05) is 39.1 Å². The molecule has 0 aliphatic carbocycles. The quantitative estimate of drug-likeness (QED) is 0.843. The van der Waals surface area contributed by atoms with Crippen molar-refractivity contribution in [3.8, 4) is 0 Å². The molecule has 2 unspecified atom stereocenters. The number of piperazine rings is 1. The van der Waals surface area contributed by atoms with Crippen LogP contribution in [0, 0.1) is 5.82 Å². The molecule has 2 atom stereocenters. The average molecular weight is 410 g/mol. The van der Waals surface area contributed by atoms with Crippen molar-refractivity contribution in [2.45, 2.75) is 25.4 Å². The topological polar surface area (TPSA) is 55.9 Å². The predicted octanol–water partition coefficient (Wildman–Crippen LogP) is 3.02. The molecule has 0 spiro atoms. The number of urea groups is 1. The molecular weight excluding hydrogens is 383 g/mol. The summed E-state index contributed by atoms with van der Waals surface area (Å²) < 4.78 is 14.0. The van der Waals surface area contributed by atoms with Crippen LogP contribution in [-0.2, 0) is 4.79 Å². The minimum absolute atomic E-state index is 0.0232. The highest BCUT2D eigenvalue weighted by molar-refractivity contribution is 5.82. The summed E-state index contributed by atoms with van der Waals surface area (Å²) in [7, 11) is 0. The van der Waals surface area contributed by atoms with Gasteiger partial charge in [0.05, 0.1) is 17.8 Å². The van der Waals surface area contributed by atoms with Crippen molar-refractivity contribution in [1.82, 2.24) is 15.1 Å². The molecule has 7 heteroatoms. The van der Waals surface area contributed by atoms with Gasteiger partial charge in [0.2, 0.25) is 5.91 Å². The molecule has 6 nitrogen and oxygen atoms in total. The predicted molar refractivity (Wildman–Crippen MR) is 114 cm³/mol. The van der Waals surface area contributed by atoms with Crippen molar-refractivity contribution in [2.75, 3.05) is 37.6 Å². The number of rotatable bonds is 4. The Bertz CT molecular complexity index is 899. The van der Waals surface area contributed by atoms with Gasteiger partial charge in [0.15, 0.2) is 0 Å². The lowest BCUT2D eigenvalue weighted by molar-refractivity contribution is -0.129. The van der Waals surface area contributed by atoms with Crippen LogP contribution >= 0.6 is 0 Å². The van der Waals surface area contributed by atoms with Crippen LogP contribution in [0.4, 0.5) is 14.9 Å². The van der Waals surface area contributed by atoms with E-state index in [4.69, 9.17) is 0 Å². The highest BCUT2D eigenvalue weighted by Gasteiger charge is 2.35. The van der Waals surface area contributed by atoms with Crippen LogP contribution in [0.2, 0.25) is 0 Å². The lowest BCUT2D eigenvalue weighted by Gasteiger charge is -2.36. The zero-order valence-corrected chi connectivity index (χ0v) is 17.1. The van der Waals surface area contributed by atoms with Gasteiger partial charge in [-0.3, -0.25) is 4.79 Å². The largest absolute Gasteiger partial charge is 0.366 e. The van der Waals surface area contributed by atoms with Crippen molar-refractivity contribution in [3.63, 3.8) is 0 Å². The molecule has 2 aliphatic heterocycles. The third kappa shape index (κ3) is 4.25. The maximum atomic E-state index is 14.0. The Kier molecular flexibility index (Phi) is 5.88. The van der Waals surface area contributed by atoms with Crippen molar-refractivity contribution < 1.29 is 14.0 Å². The number of benzene rings is 2. The lowest BCUT2D eigenvalue weighted by Crippen LogP contribution is -2.54. The number of amides is 3. The number of anilines is 1. The molecular formula is C23H27FN4O2. The maximum Gasteiger partial charge on any atom is 0.317 e. The lowest BCUT2D eigenvalue weighted by atomic mass is 10.1. The van der Waals surface area contributed by atoms with E-state index in [1.165, 1.54) is 6.07 Å². The Morgan fingerprint density at radius 1 is 1.03 bits per heavy atom. The van der Waals surface area contributed by atoms with Gasteiger partial charge < -0.3 is 20.0 Å². The number of hydrogen-bond donors (Lipinski definition) is 1. The Morgan fingerprint density at radius 2 is 1.70 bits per heavy atom. The standard InChI is InChI=1S/C23H27FN4O2/c1-17(18-7-3-2-4-8-18)28-16-19(15-22(28)29)25-23(30)27-13-11-26(12-14-27)21-10-6-5-9-20(21)24/h2-10,17,19H,11-16H2,1H3,(H,25,30). The van der Waals surface area contributed by atoms with Gasteiger partial charge >= 0.3 is 6.03 Å². The summed E-state index contributed by atoms with van der Waals surface area (Å²) >= 11 is 0. The monoisotopic (exact) mass is 410 g/mol. The van der Waals surface area contributed by atoms with Gasteiger partial charge in [0.25, 0.3) is 0 Å². The number of halogens is 1. The summed E-state index contributed by atoms with van der Waals surface area (Å²) in [4.78, 5) is 30.7. The minimum Gasteiger partial charge on any atom is -0.366 e. The van der Waals surface area contributed by atoms with Gasteiger partial charge in [-0.2, -0.15) is 0 Å². The molecule has 4 rings (SSSR count). The third-order valence-corrected chi connectivity index (χ3v) is 6.00. The Labute approximate surface area is 176 Å². The van der Waals surface area contributed by atoms with E-state index in [1.54, 1.807) is 17.0 Å². The number of carbonyl (C=O) groups excluding carboxylic acids is 2. The SMILES string of the molecule is CC(c1ccccc1)N1CC(NC(=O)N2CCN(c3ccccc3F)CC2)CC1=O. The molecule has 2 fully saturated rings. The molecule has 0 radical (unpaired) electrons. The molecule has 2 aromatic carbocycles. The van der Waals surface area contributed by atoms with E-state index in [0.717, 1.165) is 5.56 Å². The molecule has 2 saturated heterocycles. The number of para-hydroxylation sites is 1. The summed E-state index contributed by atoms with van der Waals surface area (Å²) in [6.45, 7) is 4.72. The maximum absolute atomic E-state index is 14.0. The molecule has 3 amide bonds. The third-order valence-electron chi connectivity index (χ3n) is 6.00. The van der Waals surface area contributed by atoms with Gasteiger partial charge in [-0.15, -0.1) is 0 Å². The van der Waals surface area contributed by atoms with E-state index in [1.807, 2.05) is 53.1 Å². The van der Waals surface area contributed by atoms with E-state index in [0.29, 0.717) is 44.8 Å². The first-order chi connectivity index (χ1) is 14.5. The zero-order chi connectivity index (χ0) is 21.1. The Balaban J connectivity index is 1.30. The Hall–Kier alpha value is -3.09. The molecule has 2 aromatic rings. The van der Waals surface area contributed by atoms with Crippen LogP contribution in [0.15, 0.2) is 54.6 Å². The fourth-order valence-corrected chi connectivity index (χ4v) is 4.24. The Morgan fingerprint density at radius 3 is 2.40 bits per heavy atom. The second-order valence-corrected chi connectivity index (χ2v) is 7.91. The van der Waals surface area contributed by atoms with Gasteiger partial charge in [-0.05, 0) is 24.6 Å². The molecule has 0 aromatic heterocycles. The summed E-state index contributed by atoms with van der Waals surface area (Å²) in [6, 6.07) is 16.2. The van der Waals surface area contributed by atoms with Crippen LogP contribution in [-0.4, -0.2) is 60.5 Å². The average Bonchev–Trinajstić information content (AvgIpc) is 3.14. The molecule has 2 heterocycles. The van der Waals surface area contributed by atoms with Crippen LogP contribution in [0.1, 0.15) is 24.9 Å². The van der Waals surface area contributed by atoms with E-state index in [-0.39, 0.29) is 29.8 Å². The van der Waals surface area contributed by atoms with E-state index < -0.39 is 0 Å². The second kappa shape index (κ2) is 8.73. The smallest absolute Gasteiger partial charge is 0.317 e. The minimum atomic E-state index is -0.243. The number of nitrogens with one attached hydrogen (secondary N) is 1. The van der Waals surface area contributed by atoms with Crippen LogP contribution in [0.25, 0.3) is 0 Å². The summed E-state index contributed by atoms with van der Waals surface area (Å²) in [5, 5.41) is 3.01. The summed E-state index contributed by atoms with van der Waals surface area (Å²) in [5.41, 5.74) is 1.66. The number of hydrogen-bond acceptors (Lipinski definition) is 3. The first-order valence-electron chi connectivity index (χ1n) is 10.4. The van der Waals surface area contributed by atoms with Crippen molar-refractivity contribution in [3.05, 3.63) is 66.0 Å². The fraction of sp³-hybridized carbons (Fsp3) is 0.391. The number of carbonyl (C=O) groups is 2. The zero-order valence-electron chi connectivity index (χ0n) is 17.1. The fourth-order valence-electron chi connectivity index (χ4n) is 4.24. The van der Waals surface area contributed by atoms with Crippen molar-refractivity contribution >= 4 is 17.6 Å². The number of nitrogens with zero attached hydrogens (tertiary/aromatic N) is 3. The van der Waals surface area contributed by atoms with Gasteiger partial charge in [0.1, 0.15) is 5.82 Å². The molecule has 0 saturated carbocycles. The van der Waals surface area contributed by atoms with Crippen molar-refractivity contribution in [2.24, 2.45) is 0 Å². The van der Waals surface area contributed by atoms with Gasteiger partial charge in [-0.25, -0.2) is 9.18 Å². The van der Waals surface area contributed by atoms with E-state index in [2.05, 4.69) is 5.32 Å². The summed E-state index contributed by atoms with van der Waals surface area (Å²) in [5.74, 6) is -0.187. The molecule has 30 heavy (non-hydrogen) atoms. The molecule has 158 valence electrons. The highest BCUT2D eigenvalue weighted by atomic mass is 19.1. The van der Waals surface area contributed by atoms with Gasteiger partial charge in [-0.1, -0.05) is 42.5 Å². The molecule has 2 aliphatic rings.